The summed E-state index contributed by atoms with van der Waals surface area (Å²) in [5.41, 5.74) is 0.469. The topological polar surface area (TPSA) is 89.5 Å². The maximum Gasteiger partial charge on any atom is 0.341 e. The highest BCUT2D eigenvalue weighted by Gasteiger charge is 2.21. The van der Waals surface area contributed by atoms with Crippen LogP contribution in [0.3, 0.4) is 0 Å². The number of carbonyl (C=O) groups is 2. The molecule has 1 N–H and O–H groups in total. The second-order valence-corrected chi connectivity index (χ2v) is 8.88. The maximum atomic E-state index is 12.4. The van der Waals surface area contributed by atoms with E-state index in [2.05, 4.69) is 5.32 Å². The van der Waals surface area contributed by atoms with Crippen molar-refractivity contribution in [1.29, 1.82) is 0 Å². The van der Waals surface area contributed by atoms with E-state index in [1.807, 2.05) is 0 Å². The molecule has 8 heteroatoms. The smallest absolute Gasteiger partial charge is 0.341 e. The molecule has 1 aromatic heterocycles. The summed E-state index contributed by atoms with van der Waals surface area (Å²) in [5.74, 6) is -1.01. The zero-order chi connectivity index (χ0) is 18.6. The molecule has 2 aromatic rings. The van der Waals surface area contributed by atoms with Crippen LogP contribution in [-0.4, -0.2) is 32.2 Å². The number of anilines is 1. The summed E-state index contributed by atoms with van der Waals surface area (Å²) in [6, 6.07) is 7.40. The molecule has 0 unspecified atom stereocenters. The van der Waals surface area contributed by atoms with Crippen molar-refractivity contribution in [2.45, 2.75) is 30.9 Å². The van der Waals surface area contributed by atoms with Crippen LogP contribution in [0, 0.1) is 0 Å². The molecule has 0 aliphatic heterocycles. The van der Waals surface area contributed by atoms with Crippen molar-refractivity contribution in [2.75, 3.05) is 11.9 Å². The molecular formula is C17H19NO5S2. The van der Waals surface area contributed by atoms with E-state index in [9.17, 15) is 18.0 Å². The van der Waals surface area contributed by atoms with E-state index in [-0.39, 0.29) is 22.6 Å². The van der Waals surface area contributed by atoms with Crippen molar-refractivity contribution in [3.63, 3.8) is 0 Å². The van der Waals surface area contributed by atoms with E-state index in [0.717, 1.165) is 0 Å². The summed E-state index contributed by atoms with van der Waals surface area (Å²) in [5, 5.41) is 4.08. The third kappa shape index (κ3) is 4.26. The fourth-order valence-electron chi connectivity index (χ4n) is 2.04. The predicted octanol–water partition coefficient (Wildman–Crippen LogP) is 3.36. The second-order valence-electron chi connectivity index (χ2n) is 5.46. The van der Waals surface area contributed by atoms with E-state index in [4.69, 9.17) is 4.74 Å². The van der Waals surface area contributed by atoms with Crippen LogP contribution >= 0.6 is 11.3 Å². The van der Waals surface area contributed by atoms with Crippen LogP contribution in [0.1, 0.15) is 41.5 Å². The maximum absolute atomic E-state index is 12.4. The Morgan fingerprint density at radius 2 is 1.96 bits per heavy atom. The number of esters is 1. The Labute approximate surface area is 150 Å². The third-order valence-electron chi connectivity index (χ3n) is 3.43. The van der Waals surface area contributed by atoms with Gasteiger partial charge in [-0.05, 0) is 50.4 Å². The lowest BCUT2D eigenvalue weighted by molar-refractivity contribution is 0.0528. The number of rotatable bonds is 6. The highest BCUT2D eigenvalue weighted by molar-refractivity contribution is 7.92. The number of ether oxygens (including phenoxy) is 1. The summed E-state index contributed by atoms with van der Waals surface area (Å²) in [7, 11) is -3.48. The standard InChI is InChI=1S/C17H19NO5S2/c1-4-23-17(20)14-8-9-24-16(14)18-15(19)12-6-5-7-13(10-12)25(21,22)11(2)3/h5-11H,4H2,1-3H3,(H,18,19). The molecular weight excluding hydrogens is 362 g/mol. The van der Waals surface area contributed by atoms with Crippen LogP contribution in [-0.2, 0) is 14.6 Å². The number of carbonyl (C=O) groups excluding carboxylic acids is 2. The second kappa shape index (κ2) is 7.79. The molecule has 0 saturated carbocycles. The Morgan fingerprint density at radius 3 is 2.60 bits per heavy atom. The molecule has 0 atom stereocenters. The van der Waals surface area contributed by atoms with Crippen LogP contribution in [0.25, 0.3) is 0 Å². The molecule has 1 amide bonds. The van der Waals surface area contributed by atoms with Crippen LogP contribution in [0.2, 0.25) is 0 Å². The van der Waals surface area contributed by atoms with Gasteiger partial charge in [0, 0.05) is 5.56 Å². The van der Waals surface area contributed by atoms with Crippen LogP contribution < -0.4 is 5.32 Å². The summed E-state index contributed by atoms with van der Waals surface area (Å²) >= 11 is 1.19. The predicted molar refractivity (Wildman–Crippen MR) is 97.0 cm³/mol. The molecule has 0 spiro atoms. The first-order chi connectivity index (χ1) is 11.8. The van der Waals surface area contributed by atoms with Crippen molar-refractivity contribution < 1.29 is 22.7 Å². The molecule has 1 heterocycles. The van der Waals surface area contributed by atoms with Crippen LogP contribution in [0.15, 0.2) is 40.6 Å². The number of nitrogens with one attached hydrogen (secondary N) is 1. The van der Waals surface area contributed by atoms with Gasteiger partial charge in [-0.25, -0.2) is 13.2 Å². The third-order valence-corrected chi connectivity index (χ3v) is 6.42. The molecule has 134 valence electrons. The minimum atomic E-state index is -3.48. The van der Waals surface area contributed by atoms with Crippen molar-refractivity contribution in [2.24, 2.45) is 0 Å². The molecule has 0 aliphatic carbocycles. The first-order valence-electron chi connectivity index (χ1n) is 7.67. The number of amides is 1. The van der Waals surface area contributed by atoms with Crippen LogP contribution in [0.5, 0.6) is 0 Å². The Hall–Kier alpha value is -2.19. The van der Waals surface area contributed by atoms with E-state index in [1.54, 1.807) is 32.2 Å². The molecule has 0 aliphatic rings. The fraction of sp³-hybridized carbons (Fsp3) is 0.294. The Morgan fingerprint density at radius 1 is 1.24 bits per heavy atom. The molecule has 0 saturated heterocycles. The minimum Gasteiger partial charge on any atom is -0.462 e. The molecule has 25 heavy (non-hydrogen) atoms. The molecule has 6 nitrogen and oxygen atoms in total. The van der Waals surface area contributed by atoms with Gasteiger partial charge in [-0.3, -0.25) is 4.79 Å². The summed E-state index contributed by atoms with van der Waals surface area (Å²) in [6.45, 7) is 5.10. The van der Waals surface area contributed by atoms with Crippen LogP contribution in [0.4, 0.5) is 5.00 Å². The van der Waals surface area contributed by atoms with Gasteiger partial charge in [-0.2, -0.15) is 0 Å². The summed E-state index contributed by atoms with van der Waals surface area (Å²) in [4.78, 5) is 24.4. The minimum absolute atomic E-state index is 0.0898. The van der Waals surface area contributed by atoms with Gasteiger partial charge in [-0.1, -0.05) is 6.07 Å². The number of hydrogen-bond acceptors (Lipinski definition) is 6. The number of thiophene rings is 1. The zero-order valence-corrected chi connectivity index (χ0v) is 15.7. The first-order valence-corrected chi connectivity index (χ1v) is 10.1. The quantitative estimate of drug-likeness (QED) is 0.775. The van der Waals surface area contributed by atoms with Gasteiger partial charge in [0.1, 0.15) is 5.00 Å². The summed E-state index contributed by atoms with van der Waals surface area (Å²) in [6.07, 6.45) is 0. The number of hydrogen-bond donors (Lipinski definition) is 1. The monoisotopic (exact) mass is 381 g/mol. The van der Waals surface area contributed by atoms with Gasteiger partial charge in [0.05, 0.1) is 22.3 Å². The molecule has 2 rings (SSSR count). The molecule has 0 radical (unpaired) electrons. The Bertz CT molecular complexity index is 884. The highest BCUT2D eigenvalue weighted by Crippen LogP contribution is 2.25. The van der Waals surface area contributed by atoms with Gasteiger partial charge in [0.15, 0.2) is 9.84 Å². The van der Waals surface area contributed by atoms with Crippen molar-refractivity contribution >= 4 is 38.1 Å². The van der Waals surface area contributed by atoms with Gasteiger partial charge < -0.3 is 10.1 Å². The van der Waals surface area contributed by atoms with Gasteiger partial charge >= 0.3 is 5.97 Å². The SMILES string of the molecule is CCOC(=O)c1ccsc1NC(=O)c1cccc(S(=O)(=O)C(C)C)c1. The molecule has 1 aromatic carbocycles. The largest absolute Gasteiger partial charge is 0.462 e. The average Bonchev–Trinajstić information content (AvgIpc) is 3.03. The highest BCUT2D eigenvalue weighted by atomic mass is 32.2. The lowest BCUT2D eigenvalue weighted by atomic mass is 10.2. The van der Waals surface area contributed by atoms with E-state index >= 15 is 0 Å². The fourth-order valence-corrected chi connectivity index (χ4v) is 3.91. The Balaban J connectivity index is 2.26. The van der Waals surface area contributed by atoms with Crippen molar-refractivity contribution in [3.8, 4) is 0 Å². The van der Waals surface area contributed by atoms with Crippen molar-refractivity contribution in [1.82, 2.24) is 0 Å². The van der Waals surface area contributed by atoms with Gasteiger partial charge in [-0.15, -0.1) is 11.3 Å². The normalized spacial score (nSPS) is 11.4. The number of benzene rings is 1. The first kappa shape index (κ1) is 19.1. The lowest BCUT2D eigenvalue weighted by Gasteiger charge is -2.10. The number of sulfone groups is 1. The summed E-state index contributed by atoms with van der Waals surface area (Å²) < 4.78 is 29.4. The van der Waals surface area contributed by atoms with Crippen molar-refractivity contribution in [3.05, 3.63) is 46.8 Å². The van der Waals surface area contributed by atoms with E-state index < -0.39 is 27.0 Å². The molecule has 0 fully saturated rings. The van der Waals surface area contributed by atoms with E-state index in [1.165, 1.54) is 35.6 Å². The van der Waals surface area contributed by atoms with Gasteiger partial charge in [0.2, 0.25) is 0 Å². The lowest BCUT2D eigenvalue weighted by Crippen LogP contribution is -2.17. The van der Waals surface area contributed by atoms with Gasteiger partial charge in [0.25, 0.3) is 5.91 Å². The zero-order valence-electron chi connectivity index (χ0n) is 14.1. The Kier molecular flexibility index (Phi) is 5.97. The average molecular weight is 381 g/mol. The van der Waals surface area contributed by atoms with E-state index in [0.29, 0.717) is 5.00 Å². The molecule has 0 bridgehead atoms.